The van der Waals surface area contributed by atoms with E-state index < -0.39 is 6.29 Å². The molecule has 1 aliphatic heterocycles. The van der Waals surface area contributed by atoms with Gasteiger partial charge in [0, 0.05) is 19.8 Å². The predicted octanol–water partition coefficient (Wildman–Crippen LogP) is 4.60. The van der Waals surface area contributed by atoms with Gasteiger partial charge in [-0.1, -0.05) is 51.1 Å². The Balaban J connectivity index is 1.81. The van der Waals surface area contributed by atoms with Crippen LogP contribution < -0.4 is 0 Å². The maximum atomic E-state index is 13.3. The first-order valence-electron chi connectivity index (χ1n) is 9.94. The molecule has 1 aromatic carbocycles. The second-order valence-electron chi connectivity index (χ2n) is 8.47. The van der Waals surface area contributed by atoms with Crippen molar-refractivity contribution in [3.63, 3.8) is 0 Å². The molecule has 0 aliphatic carbocycles. The first-order chi connectivity index (χ1) is 14.3. The fourth-order valence-electron chi connectivity index (χ4n) is 3.90. The Kier molecular flexibility index (Phi) is 5.53. The summed E-state index contributed by atoms with van der Waals surface area (Å²) in [5.41, 5.74) is 4.63. The van der Waals surface area contributed by atoms with Gasteiger partial charge in [0.1, 0.15) is 0 Å². The first-order valence-corrected chi connectivity index (χ1v) is 10.8. The van der Waals surface area contributed by atoms with Gasteiger partial charge in [-0.25, -0.2) is 0 Å². The lowest BCUT2D eigenvalue weighted by Gasteiger charge is -2.29. The molecule has 0 fully saturated rings. The SMILES string of the molecule is COC(CN1C(=O)c2n[nH]c(-c3cccs3)c2C1c1ccc(C(C)(C)C)cc1)OC. The monoisotopic (exact) mass is 425 g/mol. The average Bonchev–Trinajstić information content (AvgIpc) is 3.44. The summed E-state index contributed by atoms with van der Waals surface area (Å²) in [7, 11) is 3.16. The molecule has 0 saturated heterocycles. The number of H-pyrrole nitrogens is 1. The van der Waals surface area contributed by atoms with Gasteiger partial charge < -0.3 is 14.4 Å². The number of fused-ring (bicyclic) bond motifs is 1. The van der Waals surface area contributed by atoms with Crippen molar-refractivity contribution in [2.75, 3.05) is 20.8 Å². The fourth-order valence-corrected chi connectivity index (χ4v) is 4.64. The van der Waals surface area contributed by atoms with E-state index in [0.717, 1.165) is 21.7 Å². The molecular formula is C23H27N3O3S. The molecule has 4 rings (SSSR count). The number of amides is 1. The molecule has 1 aliphatic rings. The number of benzene rings is 1. The van der Waals surface area contributed by atoms with Crippen LogP contribution in [0.3, 0.4) is 0 Å². The highest BCUT2D eigenvalue weighted by Gasteiger charge is 2.43. The van der Waals surface area contributed by atoms with Crippen LogP contribution in [0.5, 0.6) is 0 Å². The Morgan fingerprint density at radius 3 is 2.43 bits per heavy atom. The third kappa shape index (κ3) is 3.57. The third-order valence-corrected chi connectivity index (χ3v) is 6.47. The van der Waals surface area contributed by atoms with Crippen molar-refractivity contribution >= 4 is 17.2 Å². The summed E-state index contributed by atoms with van der Waals surface area (Å²) in [5, 5.41) is 9.50. The van der Waals surface area contributed by atoms with Gasteiger partial charge in [-0.05, 0) is 28.0 Å². The second kappa shape index (κ2) is 7.98. The van der Waals surface area contributed by atoms with Gasteiger partial charge in [-0.3, -0.25) is 9.89 Å². The number of nitrogens with zero attached hydrogens (tertiary/aromatic N) is 2. The van der Waals surface area contributed by atoms with E-state index in [-0.39, 0.29) is 17.4 Å². The second-order valence-corrected chi connectivity index (χ2v) is 9.42. The van der Waals surface area contributed by atoms with E-state index in [4.69, 9.17) is 9.47 Å². The van der Waals surface area contributed by atoms with Crippen molar-refractivity contribution in [3.05, 3.63) is 64.2 Å². The van der Waals surface area contributed by atoms with Crippen LogP contribution >= 0.6 is 11.3 Å². The molecule has 1 unspecified atom stereocenters. The van der Waals surface area contributed by atoms with E-state index in [1.54, 1.807) is 30.5 Å². The van der Waals surface area contributed by atoms with Gasteiger partial charge in [0.05, 0.1) is 23.2 Å². The van der Waals surface area contributed by atoms with Crippen molar-refractivity contribution < 1.29 is 14.3 Å². The molecular weight excluding hydrogens is 398 g/mol. The predicted molar refractivity (Wildman–Crippen MR) is 118 cm³/mol. The normalized spacial score (nSPS) is 16.5. The molecule has 6 nitrogen and oxygen atoms in total. The maximum Gasteiger partial charge on any atom is 0.275 e. The highest BCUT2D eigenvalue weighted by molar-refractivity contribution is 7.13. The van der Waals surface area contributed by atoms with Crippen LogP contribution in [0.25, 0.3) is 10.6 Å². The van der Waals surface area contributed by atoms with Crippen molar-refractivity contribution in [2.45, 2.75) is 38.5 Å². The highest BCUT2D eigenvalue weighted by atomic mass is 32.1. The van der Waals surface area contributed by atoms with Crippen LogP contribution in [-0.4, -0.2) is 48.1 Å². The summed E-state index contributed by atoms with van der Waals surface area (Å²) in [6, 6.07) is 12.3. The molecule has 0 bridgehead atoms. The van der Waals surface area contributed by atoms with Gasteiger partial charge in [0.15, 0.2) is 12.0 Å². The number of ether oxygens (including phenoxy) is 2. The van der Waals surface area contributed by atoms with Crippen LogP contribution in [0, 0.1) is 0 Å². The lowest BCUT2D eigenvalue weighted by atomic mass is 9.85. The van der Waals surface area contributed by atoms with Crippen molar-refractivity contribution in [1.29, 1.82) is 0 Å². The smallest absolute Gasteiger partial charge is 0.275 e. The summed E-state index contributed by atoms with van der Waals surface area (Å²) < 4.78 is 10.8. The lowest BCUT2D eigenvalue weighted by Crippen LogP contribution is -2.38. The average molecular weight is 426 g/mol. The zero-order valence-electron chi connectivity index (χ0n) is 17.9. The molecule has 0 radical (unpaired) electrons. The van der Waals surface area contributed by atoms with Crippen molar-refractivity contribution in [3.8, 4) is 10.6 Å². The summed E-state index contributed by atoms with van der Waals surface area (Å²) in [4.78, 5) is 16.2. The van der Waals surface area contributed by atoms with E-state index in [9.17, 15) is 4.79 Å². The van der Waals surface area contributed by atoms with E-state index in [0.29, 0.717) is 12.2 Å². The number of methoxy groups -OCH3 is 2. The van der Waals surface area contributed by atoms with Crippen molar-refractivity contribution in [2.24, 2.45) is 0 Å². The van der Waals surface area contributed by atoms with Crippen LogP contribution in [0.4, 0.5) is 0 Å². The van der Waals surface area contributed by atoms with E-state index >= 15 is 0 Å². The van der Waals surface area contributed by atoms with Crippen LogP contribution in [0.1, 0.15) is 54.0 Å². The van der Waals surface area contributed by atoms with Crippen LogP contribution in [0.15, 0.2) is 41.8 Å². The standard InChI is InChI=1S/C23H27N3O3S/c1-23(2,3)15-10-8-14(9-11-15)21-18-19(16-7-6-12-30-16)24-25-20(18)22(27)26(21)13-17(28-4)29-5/h6-12,17,21H,13H2,1-5H3,(H,24,25). The van der Waals surface area contributed by atoms with Gasteiger partial charge in [0.2, 0.25) is 0 Å². The molecule has 7 heteroatoms. The molecule has 3 aromatic rings. The number of carbonyl (C=O) groups is 1. The van der Waals surface area contributed by atoms with Crippen LogP contribution in [0.2, 0.25) is 0 Å². The van der Waals surface area contributed by atoms with Gasteiger partial charge >= 0.3 is 0 Å². The van der Waals surface area contributed by atoms with E-state index in [1.165, 1.54) is 5.56 Å². The van der Waals surface area contributed by atoms with Crippen molar-refractivity contribution in [1.82, 2.24) is 15.1 Å². The minimum Gasteiger partial charge on any atom is -0.354 e. The van der Waals surface area contributed by atoms with Gasteiger partial charge in [-0.2, -0.15) is 5.10 Å². The third-order valence-electron chi connectivity index (χ3n) is 5.58. The Labute approximate surface area is 180 Å². The Morgan fingerprint density at radius 2 is 1.87 bits per heavy atom. The fraction of sp³-hybridized carbons (Fsp3) is 0.391. The topological polar surface area (TPSA) is 67.5 Å². The largest absolute Gasteiger partial charge is 0.354 e. The Bertz CT molecular complexity index is 1020. The minimum absolute atomic E-state index is 0.0594. The number of thiophene rings is 1. The molecule has 1 atom stereocenters. The number of hydrogen-bond donors (Lipinski definition) is 1. The lowest BCUT2D eigenvalue weighted by molar-refractivity contribution is -0.113. The maximum absolute atomic E-state index is 13.3. The summed E-state index contributed by atoms with van der Waals surface area (Å²) in [6.45, 7) is 6.90. The molecule has 2 aromatic heterocycles. The highest BCUT2D eigenvalue weighted by Crippen LogP contribution is 2.44. The molecule has 3 heterocycles. The van der Waals surface area contributed by atoms with E-state index in [1.807, 2.05) is 17.5 Å². The number of aromatic amines is 1. The van der Waals surface area contributed by atoms with Gasteiger partial charge in [0.25, 0.3) is 5.91 Å². The Morgan fingerprint density at radius 1 is 1.17 bits per heavy atom. The van der Waals surface area contributed by atoms with Gasteiger partial charge in [-0.15, -0.1) is 11.3 Å². The van der Waals surface area contributed by atoms with E-state index in [2.05, 4.69) is 55.2 Å². The molecule has 30 heavy (non-hydrogen) atoms. The zero-order valence-corrected chi connectivity index (χ0v) is 18.7. The molecule has 158 valence electrons. The summed E-state index contributed by atoms with van der Waals surface area (Å²) in [5.74, 6) is -0.118. The number of aromatic nitrogens is 2. The Hall–Kier alpha value is -2.48. The minimum atomic E-state index is -0.511. The summed E-state index contributed by atoms with van der Waals surface area (Å²) >= 11 is 1.62. The number of rotatable bonds is 6. The molecule has 0 spiro atoms. The molecule has 1 amide bonds. The summed E-state index contributed by atoms with van der Waals surface area (Å²) in [6.07, 6.45) is -0.511. The number of carbonyl (C=O) groups excluding carboxylic acids is 1. The quantitative estimate of drug-likeness (QED) is 0.586. The number of hydrogen-bond acceptors (Lipinski definition) is 5. The van der Waals surface area contributed by atoms with Crippen LogP contribution in [-0.2, 0) is 14.9 Å². The first kappa shape index (κ1) is 20.8. The molecule has 1 N–H and O–H groups in total. The number of nitrogens with one attached hydrogen (secondary N) is 1. The molecule has 0 saturated carbocycles. The zero-order chi connectivity index (χ0) is 21.5.